The second kappa shape index (κ2) is 6.36. The van der Waals surface area contributed by atoms with E-state index in [-0.39, 0.29) is 5.56 Å². The summed E-state index contributed by atoms with van der Waals surface area (Å²) < 4.78 is 0.810. The van der Waals surface area contributed by atoms with Gasteiger partial charge < -0.3 is 15.4 Å². The zero-order chi connectivity index (χ0) is 16.4. The van der Waals surface area contributed by atoms with Crippen LogP contribution in [0.5, 0.6) is 0 Å². The lowest BCUT2D eigenvalue weighted by Gasteiger charge is -2.11. The minimum atomic E-state index is -0.556. The Bertz CT molecular complexity index is 950. The van der Waals surface area contributed by atoms with E-state index >= 15 is 0 Å². The van der Waals surface area contributed by atoms with E-state index < -0.39 is 18.1 Å². The van der Waals surface area contributed by atoms with E-state index in [4.69, 9.17) is 0 Å². The number of aromatic amines is 1. The third-order valence-corrected chi connectivity index (χ3v) is 3.99. The molecule has 0 atom stereocenters. The normalized spacial score (nSPS) is 10.7. The van der Waals surface area contributed by atoms with Gasteiger partial charge in [0.1, 0.15) is 5.56 Å². The number of hydrogen-bond donors (Lipinski definition) is 3. The van der Waals surface area contributed by atoms with E-state index in [2.05, 4.69) is 26.2 Å². The van der Waals surface area contributed by atoms with Gasteiger partial charge in [0.25, 0.3) is 11.5 Å². The Morgan fingerprint density at radius 2 is 1.96 bits per heavy atom. The number of benzene rings is 2. The summed E-state index contributed by atoms with van der Waals surface area (Å²) in [5.74, 6) is -0.556. The number of pyridine rings is 1. The van der Waals surface area contributed by atoms with Gasteiger partial charge >= 0.3 is 0 Å². The number of amides is 1. The van der Waals surface area contributed by atoms with E-state index in [0.29, 0.717) is 22.2 Å². The number of nitrogens with one attached hydrogen (secondary N) is 2. The second-order valence-electron chi connectivity index (χ2n) is 4.98. The van der Waals surface area contributed by atoms with Crippen molar-refractivity contribution in [3.63, 3.8) is 0 Å². The van der Waals surface area contributed by atoms with Crippen molar-refractivity contribution < 1.29 is 9.90 Å². The number of carbonyl (C=O) groups is 1. The molecule has 3 aromatic rings. The number of aliphatic hydroxyl groups excluding tert-OH is 1. The van der Waals surface area contributed by atoms with Crippen LogP contribution >= 0.6 is 15.9 Å². The number of rotatable bonds is 3. The minimum Gasteiger partial charge on any atom is -0.392 e. The average Bonchev–Trinajstić information content (AvgIpc) is 2.53. The molecule has 0 aliphatic carbocycles. The Morgan fingerprint density at radius 1 is 1.17 bits per heavy atom. The molecular weight excluding hydrogens is 360 g/mol. The zero-order valence-corrected chi connectivity index (χ0v) is 13.6. The van der Waals surface area contributed by atoms with Crippen LogP contribution in [0.2, 0.25) is 0 Å². The maximum Gasteiger partial charge on any atom is 0.261 e. The molecule has 0 spiro atoms. The highest BCUT2D eigenvalue weighted by atomic mass is 79.9. The molecule has 6 heteroatoms. The summed E-state index contributed by atoms with van der Waals surface area (Å²) in [6.45, 7) is -0.397. The van der Waals surface area contributed by atoms with E-state index in [1.807, 2.05) is 6.07 Å². The summed E-state index contributed by atoms with van der Waals surface area (Å²) >= 11 is 3.32. The summed E-state index contributed by atoms with van der Waals surface area (Å²) in [6.07, 6.45) is 0. The van der Waals surface area contributed by atoms with Gasteiger partial charge in [-0.15, -0.1) is 0 Å². The summed E-state index contributed by atoms with van der Waals surface area (Å²) in [5.41, 5.74) is 0.852. The van der Waals surface area contributed by atoms with Gasteiger partial charge in [0.05, 0.1) is 6.61 Å². The maximum absolute atomic E-state index is 12.5. The Kier molecular flexibility index (Phi) is 4.27. The van der Waals surface area contributed by atoms with Crippen LogP contribution in [-0.4, -0.2) is 16.0 Å². The molecule has 0 bridgehead atoms. The lowest BCUT2D eigenvalue weighted by atomic mass is 10.0. The first-order valence-electron chi connectivity index (χ1n) is 6.92. The molecule has 0 radical (unpaired) electrons. The van der Waals surface area contributed by atoms with Crippen LogP contribution in [0.15, 0.2) is 57.8 Å². The van der Waals surface area contributed by atoms with Crippen LogP contribution < -0.4 is 10.9 Å². The number of anilines is 1. The van der Waals surface area contributed by atoms with Gasteiger partial charge in [-0.2, -0.15) is 0 Å². The zero-order valence-electron chi connectivity index (χ0n) is 12.0. The van der Waals surface area contributed by atoms with Gasteiger partial charge in [0.2, 0.25) is 0 Å². The fourth-order valence-corrected chi connectivity index (χ4v) is 2.88. The molecular formula is C17H13BrN2O3. The van der Waals surface area contributed by atoms with Crippen LogP contribution in [0.25, 0.3) is 10.9 Å². The first kappa shape index (κ1) is 15.5. The van der Waals surface area contributed by atoms with E-state index in [9.17, 15) is 14.7 Å². The number of carbonyl (C=O) groups excluding carboxylic acids is 1. The highest BCUT2D eigenvalue weighted by molar-refractivity contribution is 9.10. The van der Waals surface area contributed by atoms with Crippen LogP contribution in [-0.2, 0) is 6.61 Å². The fourth-order valence-electron chi connectivity index (χ4n) is 2.48. The topological polar surface area (TPSA) is 82.2 Å². The van der Waals surface area contributed by atoms with Crippen molar-refractivity contribution in [2.24, 2.45) is 0 Å². The molecule has 0 saturated carbocycles. The summed E-state index contributed by atoms with van der Waals surface area (Å²) in [7, 11) is 0. The van der Waals surface area contributed by atoms with Gasteiger partial charge in [0.15, 0.2) is 0 Å². The van der Waals surface area contributed by atoms with Gasteiger partial charge in [-0.3, -0.25) is 9.59 Å². The van der Waals surface area contributed by atoms with Gasteiger partial charge in [-0.1, -0.05) is 40.2 Å². The molecule has 23 heavy (non-hydrogen) atoms. The van der Waals surface area contributed by atoms with Gasteiger partial charge in [0, 0.05) is 26.6 Å². The van der Waals surface area contributed by atoms with Crippen molar-refractivity contribution in [1.29, 1.82) is 0 Å². The third-order valence-electron chi connectivity index (χ3n) is 3.50. The van der Waals surface area contributed by atoms with E-state index in [0.717, 1.165) is 4.47 Å². The van der Waals surface area contributed by atoms with Crippen LogP contribution in [0.4, 0.5) is 5.69 Å². The summed E-state index contributed by atoms with van der Waals surface area (Å²) in [4.78, 5) is 27.5. The third kappa shape index (κ3) is 3.04. The van der Waals surface area contributed by atoms with E-state index in [1.165, 1.54) is 0 Å². The number of fused-ring (bicyclic) bond motifs is 1. The second-order valence-corrected chi connectivity index (χ2v) is 5.89. The largest absolute Gasteiger partial charge is 0.392 e. The monoisotopic (exact) mass is 372 g/mol. The highest BCUT2D eigenvalue weighted by Crippen LogP contribution is 2.20. The molecule has 0 saturated heterocycles. The van der Waals surface area contributed by atoms with Gasteiger partial charge in [-0.25, -0.2) is 0 Å². The smallest absolute Gasteiger partial charge is 0.261 e. The molecule has 0 fully saturated rings. The highest BCUT2D eigenvalue weighted by Gasteiger charge is 2.19. The summed E-state index contributed by atoms with van der Waals surface area (Å²) in [5, 5.41) is 13.0. The van der Waals surface area contributed by atoms with Crippen molar-refractivity contribution in [2.45, 2.75) is 6.61 Å². The van der Waals surface area contributed by atoms with Crippen molar-refractivity contribution in [3.8, 4) is 0 Å². The van der Waals surface area contributed by atoms with Crippen molar-refractivity contribution in [2.75, 3.05) is 5.32 Å². The predicted octanol–water partition coefficient (Wildman–Crippen LogP) is 3.04. The Hall–Kier alpha value is -2.44. The molecule has 5 nitrogen and oxygen atoms in total. The maximum atomic E-state index is 12.5. The average molecular weight is 373 g/mol. The number of hydrogen-bond acceptors (Lipinski definition) is 3. The first-order valence-corrected chi connectivity index (χ1v) is 7.71. The van der Waals surface area contributed by atoms with Crippen molar-refractivity contribution >= 4 is 38.4 Å². The number of aliphatic hydroxyl groups is 1. The molecule has 3 rings (SSSR count). The van der Waals surface area contributed by atoms with Gasteiger partial charge in [-0.05, 0) is 24.3 Å². The Balaban J connectivity index is 2.10. The van der Waals surface area contributed by atoms with E-state index in [1.54, 1.807) is 42.5 Å². The number of aromatic nitrogens is 1. The first-order chi connectivity index (χ1) is 11.1. The number of H-pyrrole nitrogens is 1. The SMILES string of the molecule is O=C(Nc1cccc(Br)c1)c1c(CO)c2ccccc2[nH]c1=O. The number of halogens is 1. The molecule has 2 aromatic carbocycles. The lowest BCUT2D eigenvalue weighted by molar-refractivity contribution is 0.102. The van der Waals surface area contributed by atoms with Crippen molar-refractivity contribution in [3.05, 3.63) is 74.5 Å². The lowest BCUT2D eigenvalue weighted by Crippen LogP contribution is -2.26. The predicted molar refractivity (Wildman–Crippen MR) is 92.6 cm³/mol. The molecule has 0 aliphatic heterocycles. The standard InChI is InChI=1S/C17H13BrN2O3/c18-10-4-3-5-11(8-10)19-16(22)15-13(9-21)12-6-1-2-7-14(12)20-17(15)23/h1-8,21H,9H2,(H,19,22)(H,20,23). The molecule has 0 aliphatic rings. The van der Waals surface area contributed by atoms with Crippen molar-refractivity contribution in [1.82, 2.24) is 4.98 Å². The number of para-hydroxylation sites is 1. The van der Waals surface area contributed by atoms with Crippen LogP contribution in [0.3, 0.4) is 0 Å². The molecule has 116 valence electrons. The summed E-state index contributed by atoms with van der Waals surface area (Å²) in [6, 6.07) is 14.1. The molecule has 0 unspecified atom stereocenters. The minimum absolute atomic E-state index is 0.0776. The fraction of sp³-hybridized carbons (Fsp3) is 0.0588. The van der Waals surface area contributed by atoms with Crippen LogP contribution in [0.1, 0.15) is 15.9 Å². The quantitative estimate of drug-likeness (QED) is 0.660. The molecule has 1 heterocycles. The molecule has 1 amide bonds. The molecule has 3 N–H and O–H groups in total. The Morgan fingerprint density at radius 3 is 2.70 bits per heavy atom. The molecule has 1 aromatic heterocycles. The Labute approximate surface area is 140 Å². The van der Waals surface area contributed by atoms with Crippen LogP contribution in [0, 0.1) is 0 Å².